The minimum atomic E-state index is -3.78. The summed E-state index contributed by atoms with van der Waals surface area (Å²) in [5.41, 5.74) is 1.49. The van der Waals surface area contributed by atoms with Crippen LogP contribution in [-0.4, -0.2) is 32.6 Å². The van der Waals surface area contributed by atoms with E-state index in [1.807, 2.05) is 31.2 Å². The number of phenolic OH excluding ortho intramolecular Hbond substituents is 1. The quantitative estimate of drug-likeness (QED) is 0.408. The van der Waals surface area contributed by atoms with Crippen molar-refractivity contribution in [2.24, 2.45) is 0 Å². The Kier molecular flexibility index (Phi) is 7.09. The van der Waals surface area contributed by atoms with Gasteiger partial charge in [-0.2, -0.15) is 0 Å². The van der Waals surface area contributed by atoms with E-state index in [1.54, 1.807) is 37.3 Å². The Morgan fingerprint density at radius 2 is 1.81 bits per heavy atom. The number of fused-ring (bicyclic) bond motifs is 1. The fourth-order valence-electron chi connectivity index (χ4n) is 3.33. The summed E-state index contributed by atoms with van der Waals surface area (Å²) in [6.07, 6.45) is 2.81. The number of hydrogen-bond donors (Lipinski definition) is 2. The van der Waals surface area contributed by atoms with Gasteiger partial charge >= 0.3 is 5.97 Å². The molecule has 0 amide bonds. The van der Waals surface area contributed by atoms with Gasteiger partial charge < -0.3 is 9.84 Å². The van der Waals surface area contributed by atoms with Gasteiger partial charge in [-0.25, -0.2) is 17.9 Å². The second-order valence-corrected chi connectivity index (χ2v) is 8.87. The van der Waals surface area contributed by atoms with E-state index in [0.717, 1.165) is 16.3 Å². The number of rotatable bonds is 8. The van der Waals surface area contributed by atoms with Gasteiger partial charge in [0.25, 0.3) is 0 Å². The molecule has 0 heterocycles. The first-order valence-electron chi connectivity index (χ1n) is 9.93. The molecule has 7 heteroatoms. The zero-order chi connectivity index (χ0) is 22.4. The molecule has 0 aromatic heterocycles. The van der Waals surface area contributed by atoms with E-state index >= 15 is 0 Å². The highest BCUT2D eigenvalue weighted by atomic mass is 32.2. The van der Waals surface area contributed by atoms with Crippen molar-refractivity contribution < 1.29 is 23.1 Å². The molecule has 0 radical (unpaired) electrons. The summed E-state index contributed by atoms with van der Waals surface area (Å²) in [4.78, 5) is 12.0. The van der Waals surface area contributed by atoms with E-state index in [1.165, 1.54) is 18.2 Å². The Balaban J connectivity index is 1.97. The van der Waals surface area contributed by atoms with E-state index in [-0.39, 0.29) is 23.8 Å². The molecule has 0 aliphatic rings. The molecule has 0 spiro atoms. The fraction of sp³-hybridized carbons (Fsp3) is 0.208. The number of benzene rings is 3. The SMILES string of the molecule is CCOC(=O)/C=C/[C@H](CNS(=O)(=O)c1ccc(C)cc1)c1c(O)ccc2ccccc12. The minimum absolute atomic E-state index is 0.0201. The van der Waals surface area contributed by atoms with Gasteiger partial charge in [0.2, 0.25) is 10.0 Å². The monoisotopic (exact) mass is 439 g/mol. The summed E-state index contributed by atoms with van der Waals surface area (Å²) >= 11 is 0. The highest BCUT2D eigenvalue weighted by Gasteiger charge is 2.21. The number of esters is 1. The van der Waals surface area contributed by atoms with Gasteiger partial charge in [0.05, 0.1) is 11.5 Å². The number of aromatic hydroxyl groups is 1. The van der Waals surface area contributed by atoms with Gasteiger partial charge in [0, 0.05) is 24.1 Å². The van der Waals surface area contributed by atoms with Crippen molar-refractivity contribution in [3.63, 3.8) is 0 Å². The maximum Gasteiger partial charge on any atom is 0.330 e. The lowest BCUT2D eigenvalue weighted by atomic mass is 9.92. The molecule has 0 saturated carbocycles. The first-order chi connectivity index (χ1) is 14.8. The smallest absolute Gasteiger partial charge is 0.330 e. The van der Waals surface area contributed by atoms with Gasteiger partial charge in [0.1, 0.15) is 5.75 Å². The van der Waals surface area contributed by atoms with Crippen LogP contribution in [0.2, 0.25) is 0 Å². The molecule has 31 heavy (non-hydrogen) atoms. The molecule has 0 unspecified atom stereocenters. The van der Waals surface area contributed by atoms with Crippen LogP contribution in [0, 0.1) is 6.92 Å². The van der Waals surface area contributed by atoms with Gasteiger partial charge in [-0.1, -0.05) is 54.1 Å². The Bertz CT molecular complexity index is 1200. The summed E-state index contributed by atoms with van der Waals surface area (Å²) in [5, 5.41) is 12.3. The molecule has 0 aliphatic carbocycles. The molecule has 3 rings (SSSR count). The highest BCUT2D eigenvalue weighted by Crippen LogP contribution is 2.34. The molecule has 1 atom stereocenters. The zero-order valence-corrected chi connectivity index (χ0v) is 18.2. The summed E-state index contributed by atoms with van der Waals surface area (Å²) < 4.78 is 33.1. The van der Waals surface area contributed by atoms with Crippen molar-refractivity contribution in [2.45, 2.75) is 24.7 Å². The number of sulfonamides is 1. The third-order valence-corrected chi connectivity index (χ3v) is 6.33. The first kappa shape index (κ1) is 22.5. The Labute approximate surface area is 182 Å². The number of hydrogen-bond acceptors (Lipinski definition) is 5. The Morgan fingerprint density at radius 1 is 1.10 bits per heavy atom. The molecule has 3 aromatic carbocycles. The lowest BCUT2D eigenvalue weighted by Gasteiger charge is -2.18. The molecule has 0 bridgehead atoms. The van der Waals surface area contributed by atoms with E-state index < -0.39 is 21.9 Å². The number of phenols is 1. The standard InChI is InChI=1S/C24H25NO5S/c1-3-30-23(27)15-11-19(16-25-31(28,29)20-12-8-17(2)9-13-20)24-21-7-5-4-6-18(21)10-14-22(24)26/h4-15,19,25-26H,3,16H2,1-2H3/b15-11+/t19-/m1/s1. The van der Waals surface area contributed by atoms with Crippen molar-refractivity contribution in [1.29, 1.82) is 0 Å². The predicted molar refractivity (Wildman–Crippen MR) is 120 cm³/mol. The second kappa shape index (κ2) is 9.76. The zero-order valence-electron chi connectivity index (χ0n) is 17.4. The number of carbonyl (C=O) groups excluding carboxylic acids is 1. The van der Waals surface area contributed by atoms with Crippen LogP contribution < -0.4 is 4.72 Å². The van der Waals surface area contributed by atoms with E-state index in [0.29, 0.717) is 5.56 Å². The van der Waals surface area contributed by atoms with Gasteiger partial charge in [-0.15, -0.1) is 0 Å². The molecular weight excluding hydrogens is 414 g/mol. The maximum absolute atomic E-state index is 12.8. The highest BCUT2D eigenvalue weighted by molar-refractivity contribution is 7.89. The number of nitrogens with one attached hydrogen (secondary N) is 1. The minimum Gasteiger partial charge on any atom is -0.508 e. The van der Waals surface area contributed by atoms with Crippen LogP contribution in [0.1, 0.15) is 24.0 Å². The lowest BCUT2D eigenvalue weighted by Crippen LogP contribution is -2.28. The molecule has 0 aliphatic heterocycles. The molecule has 6 nitrogen and oxygen atoms in total. The molecule has 0 fully saturated rings. The van der Waals surface area contributed by atoms with Crippen molar-refractivity contribution in [3.8, 4) is 5.75 Å². The maximum atomic E-state index is 12.8. The van der Waals surface area contributed by atoms with E-state index in [9.17, 15) is 18.3 Å². The van der Waals surface area contributed by atoms with Crippen LogP contribution in [0.3, 0.4) is 0 Å². The third-order valence-electron chi connectivity index (χ3n) is 4.89. The van der Waals surface area contributed by atoms with Crippen molar-refractivity contribution in [2.75, 3.05) is 13.2 Å². The molecule has 0 saturated heterocycles. The van der Waals surface area contributed by atoms with Crippen LogP contribution in [0.5, 0.6) is 5.75 Å². The number of aryl methyl sites for hydroxylation is 1. The van der Waals surface area contributed by atoms with Crippen LogP contribution in [0.25, 0.3) is 10.8 Å². The van der Waals surface area contributed by atoms with Gasteiger partial charge in [-0.05, 0) is 42.8 Å². The van der Waals surface area contributed by atoms with Gasteiger partial charge in [-0.3, -0.25) is 0 Å². The van der Waals surface area contributed by atoms with Gasteiger partial charge in [0.15, 0.2) is 0 Å². The van der Waals surface area contributed by atoms with Crippen LogP contribution >= 0.6 is 0 Å². The largest absolute Gasteiger partial charge is 0.508 e. The summed E-state index contributed by atoms with van der Waals surface area (Å²) in [6, 6.07) is 17.4. The third kappa shape index (κ3) is 5.51. The van der Waals surface area contributed by atoms with Crippen molar-refractivity contribution in [1.82, 2.24) is 4.72 Å². The van der Waals surface area contributed by atoms with Crippen LogP contribution in [0.4, 0.5) is 0 Å². The molecule has 162 valence electrons. The first-order valence-corrected chi connectivity index (χ1v) is 11.4. The summed E-state index contributed by atoms with van der Waals surface area (Å²) in [6.45, 7) is 3.76. The van der Waals surface area contributed by atoms with Crippen LogP contribution in [-0.2, 0) is 19.6 Å². The summed E-state index contributed by atoms with van der Waals surface area (Å²) in [7, 11) is -3.78. The topological polar surface area (TPSA) is 92.7 Å². The average molecular weight is 440 g/mol. The van der Waals surface area contributed by atoms with Crippen LogP contribution in [0.15, 0.2) is 77.7 Å². The number of ether oxygens (including phenoxy) is 1. The lowest BCUT2D eigenvalue weighted by molar-refractivity contribution is -0.137. The number of carbonyl (C=O) groups is 1. The second-order valence-electron chi connectivity index (χ2n) is 7.10. The predicted octanol–water partition coefficient (Wildman–Crippen LogP) is 4.04. The average Bonchev–Trinajstić information content (AvgIpc) is 2.75. The molecular formula is C24H25NO5S. The molecule has 3 aromatic rings. The van der Waals surface area contributed by atoms with Crippen molar-refractivity contribution in [3.05, 3.63) is 83.9 Å². The fourth-order valence-corrected chi connectivity index (χ4v) is 4.39. The normalized spacial score (nSPS) is 12.8. The Morgan fingerprint density at radius 3 is 2.52 bits per heavy atom. The Hall–Kier alpha value is -3.16. The van der Waals surface area contributed by atoms with E-state index in [2.05, 4.69) is 4.72 Å². The van der Waals surface area contributed by atoms with E-state index in [4.69, 9.17) is 4.74 Å². The van der Waals surface area contributed by atoms with Crippen molar-refractivity contribution >= 4 is 26.8 Å². The summed E-state index contributed by atoms with van der Waals surface area (Å²) in [5.74, 6) is -1.11. The molecule has 2 N–H and O–H groups in total.